The zero-order valence-electron chi connectivity index (χ0n) is 11.2. The first-order valence-corrected chi connectivity index (χ1v) is 6.33. The number of phenolic OH excluding ortho intramolecular Hbond substituents is 1. The number of hydrogen-bond acceptors (Lipinski definition) is 4. The lowest BCUT2D eigenvalue weighted by atomic mass is 10.2. The fourth-order valence-electron chi connectivity index (χ4n) is 1.80. The predicted molar refractivity (Wildman–Crippen MR) is 76.2 cm³/mol. The van der Waals surface area contributed by atoms with Crippen LogP contribution >= 0.6 is 0 Å². The maximum atomic E-state index is 9.94. The largest absolute Gasteiger partial charge is 0.504 e. The van der Waals surface area contributed by atoms with Crippen molar-refractivity contribution in [2.45, 2.75) is 13.3 Å². The second-order valence-corrected chi connectivity index (χ2v) is 4.22. The van der Waals surface area contributed by atoms with E-state index in [-0.39, 0.29) is 5.75 Å². The Bertz CT molecular complexity index is 529. The highest BCUT2D eigenvalue weighted by atomic mass is 16.5. The van der Waals surface area contributed by atoms with Gasteiger partial charge in [0.2, 0.25) is 0 Å². The summed E-state index contributed by atoms with van der Waals surface area (Å²) < 4.78 is 5.64. The van der Waals surface area contributed by atoms with Crippen molar-refractivity contribution in [1.82, 2.24) is 4.98 Å². The van der Waals surface area contributed by atoms with Gasteiger partial charge in [-0.25, -0.2) is 4.98 Å². The van der Waals surface area contributed by atoms with Gasteiger partial charge in [0, 0.05) is 13.2 Å². The average Bonchev–Trinajstić information content (AvgIpc) is 2.46. The molecule has 2 aromatic rings. The molecule has 0 fully saturated rings. The number of aromatic nitrogens is 1. The van der Waals surface area contributed by atoms with E-state index in [0.29, 0.717) is 12.4 Å². The van der Waals surface area contributed by atoms with Crippen LogP contribution in [0, 0.1) is 0 Å². The van der Waals surface area contributed by atoms with E-state index in [2.05, 4.69) is 4.98 Å². The summed E-state index contributed by atoms with van der Waals surface area (Å²) in [6.07, 6.45) is 2.63. The van der Waals surface area contributed by atoms with Gasteiger partial charge in [0.1, 0.15) is 5.82 Å². The van der Waals surface area contributed by atoms with E-state index in [4.69, 9.17) is 4.74 Å². The van der Waals surface area contributed by atoms with Crippen LogP contribution in [-0.2, 0) is 0 Å². The molecule has 4 heteroatoms. The van der Waals surface area contributed by atoms with Crippen molar-refractivity contribution >= 4 is 11.5 Å². The Labute approximate surface area is 113 Å². The van der Waals surface area contributed by atoms with Crippen molar-refractivity contribution in [3.05, 3.63) is 42.6 Å². The van der Waals surface area contributed by atoms with Gasteiger partial charge in [0.25, 0.3) is 0 Å². The molecule has 1 aromatic heterocycles. The van der Waals surface area contributed by atoms with Gasteiger partial charge in [-0.15, -0.1) is 0 Å². The molecule has 4 nitrogen and oxygen atoms in total. The van der Waals surface area contributed by atoms with Crippen molar-refractivity contribution in [3.63, 3.8) is 0 Å². The lowest BCUT2D eigenvalue weighted by Gasteiger charge is -2.22. The van der Waals surface area contributed by atoms with Crippen LogP contribution in [0.1, 0.15) is 13.3 Å². The van der Waals surface area contributed by atoms with Crippen molar-refractivity contribution in [2.75, 3.05) is 18.6 Å². The van der Waals surface area contributed by atoms with Gasteiger partial charge in [-0.05, 0) is 30.7 Å². The maximum absolute atomic E-state index is 9.94. The highest BCUT2D eigenvalue weighted by Crippen LogP contribution is 2.38. The molecule has 0 spiro atoms. The van der Waals surface area contributed by atoms with Crippen LogP contribution in [0.2, 0.25) is 0 Å². The highest BCUT2D eigenvalue weighted by Gasteiger charge is 2.14. The number of anilines is 2. The van der Waals surface area contributed by atoms with E-state index in [1.165, 1.54) is 0 Å². The number of pyridine rings is 1. The maximum Gasteiger partial charge on any atom is 0.184 e. The molecule has 0 saturated carbocycles. The van der Waals surface area contributed by atoms with Crippen LogP contribution in [0.25, 0.3) is 0 Å². The third-order valence-electron chi connectivity index (χ3n) is 2.78. The Morgan fingerprint density at radius 2 is 2.05 bits per heavy atom. The molecule has 0 aliphatic heterocycles. The third-order valence-corrected chi connectivity index (χ3v) is 2.78. The fraction of sp³-hybridized carbons (Fsp3) is 0.267. The van der Waals surface area contributed by atoms with Crippen LogP contribution < -0.4 is 9.64 Å². The number of para-hydroxylation sites is 1. The standard InChI is InChI=1S/C15H18N2O2/c1-3-11-19-15-12(7-6-8-13(15)18)17(2)14-9-4-5-10-16-14/h4-10,18H,3,11H2,1-2H3. The van der Waals surface area contributed by atoms with Gasteiger partial charge in [0.05, 0.1) is 12.3 Å². The molecule has 0 unspecified atom stereocenters. The monoisotopic (exact) mass is 258 g/mol. The summed E-state index contributed by atoms with van der Waals surface area (Å²) >= 11 is 0. The number of nitrogens with zero attached hydrogens (tertiary/aromatic N) is 2. The van der Waals surface area contributed by atoms with Crippen LogP contribution in [-0.4, -0.2) is 23.7 Å². The minimum Gasteiger partial charge on any atom is -0.504 e. The van der Waals surface area contributed by atoms with E-state index < -0.39 is 0 Å². The van der Waals surface area contributed by atoms with Crippen LogP contribution in [0.15, 0.2) is 42.6 Å². The Morgan fingerprint density at radius 1 is 1.21 bits per heavy atom. The Balaban J connectivity index is 2.36. The number of ether oxygens (including phenoxy) is 1. The first-order chi connectivity index (χ1) is 9.24. The lowest BCUT2D eigenvalue weighted by molar-refractivity contribution is 0.300. The molecule has 0 saturated heterocycles. The zero-order valence-corrected chi connectivity index (χ0v) is 11.2. The molecule has 1 aromatic carbocycles. The van der Waals surface area contributed by atoms with Crippen LogP contribution in [0.5, 0.6) is 11.5 Å². The Kier molecular flexibility index (Phi) is 4.23. The summed E-state index contributed by atoms with van der Waals surface area (Å²) in [5, 5.41) is 9.94. The van der Waals surface area contributed by atoms with Gasteiger partial charge in [-0.1, -0.05) is 19.1 Å². The molecule has 0 amide bonds. The quantitative estimate of drug-likeness (QED) is 0.893. The second-order valence-electron chi connectivity index (χ2n) is 4.22. The van der Waals surface area contributed by atoms with Gasteiger partial charge in [0.15, 0.2) is 11.5 Å². The van der Waals surface area contributed by atoms with E-state index in [1.54, 1.807) is 18.3 Å². The number of aromatic hydroxyl groups is 1. The first kappa shape index (κ1) is 13.2. The molecule has 19 heavy (non-hydrogen) atoms. The molecule has 0 radical (unpaired) electrons. The summed E-state index contributed by atoms with van der Waals surface area (Å²) in [6.45, 7) is 2.60. The molecule has 100 valence electrons. The van der Waals surface area contributed by atoms with E-state index in [0.717, 1.165) is 17.9 Å². The van der Waals surface area contributed by atoms with Crippen LogP contribution in [0.4, 0.5) is 11.5 Å². The van der Waals surface area contributed by atoms with Crippen LogP contribution in [0.3, 0.4) is 0 Å². The molecule has 0 bridgehead atoms. The molecule has 0 aliphatic rings. The predicted octanol–water partition coefficient (Wildman–Crippen LogP) is 3.34. The Hall–Kier alpha value is -2.23. The van der Waals surface area contributed by atoms with Gasteiger partial charge >= 0.3 is 0 Å². The van der Waals surface area contributed by atoms with E-state index in [1.807, 2.05) is 43.1 Å². The molecule has 0 aliphatic carbocycles. The average molecular weight is 258 g/mol. The summed E-state index contributed by atoms with van der Waals surface area (Å²) in [6, 6.07) is 11.0. The van der Waals surface area contributed by atoms with Gasteiger partial charge in [-0.3, -0.25) is 0 Å². The molecule has 1 N–H and O–H groups in total. The Morgan fingerprint density at radius 3 is 2.74 bits per heavy atom. The molecular formula is C15H18N2O2. The van der Waals surface area contributed by atoms with Crippen molar-refractivity contribution in [2.24, 2.45) is 0 Å². The fourth-order valence-corrected chi connectivity index (χ4v) is 1.80. The zero-order chi connectivity index (χ0) is 13.7. The molecule has 2 rings (SSSR count). The summed E-state index contributed by atoms with van der Waals surface area (Å²) in [7, 11) is 1.90. The molecule has 0 atom stereocenters. The topological polar surface area (TPSA) is 45.6 Å². The highest BCUT2D eigenvalue weighted by molar-refractivity contribution is 5.70. The lowest BCUT2D eigenvalue weighted by Crippen LogP contribution is -2.12. The number of benzene rings is 1. The summed E-state index contributed by atoms with van der Waals surface area (Å²) in [5.74, 6) is 1.45. The van der Waals surface area contributed by atoms with Crippen molar-refractivity contribution in [1.29, 1.82) is 0 Å². The van der Waals surface area contributed by atoms with Crippen molar-refractivity contribution < 1.29 is 9.84 Å². The minimum atomic E-state index is 0.147. The van der Waals surface area contributed by atoms with Gasteiger partial charge in [-0.2, -0.15) is 0 Å². The first-order valence-electron chi connectivity index (χ1n) is 6.33. The van der Waals surface area contributed by atoms with E-state index >= 15 is 0 Å². The van der Waals surface area contributed by atoms with E-state index in [9.17, 15) is 5.11 Å². The number of phenols is 1. The third kappa shape index (κ3) is 2.96. The normalized spacial score (nSPS) is 10.2. The summed E-state index contributed by atoms with van der Waals surface area (Å²) in [5.41, 5.74) is 0.798. The smallest absolute Gasteiger partial charge is 0.184 e. The second kappa shape index (κ2) is 6.09. The number of hydrogen-bond donors (Lipinski definition) is 1. The molecule has 1 heterocycles. The summed E-state index contributed by atoms with van der Waals surface area (Å²) in [4.78, 5) is 6.19. The number of rotatable bonds is 5. The molecular weight excluding hydrogens is 240 g/mol. The SMILES string of the molecule is CCCOc1c(O)cccc1N(C)c1ccccn1. The minimum absolute atomic E-state index is 0.147. The van der Waals surface area contributed by atoms with Crippen molar-refractivity contribution in [3.8, 4) is 11.5 Å². The van der Waals surface area contributed by atoms with Gasteiger partial charge < -0.3 is 14.7 Å².